The van der Waals surface area contributed by atoms with E-state index < -0.39 is 166 Å². The second-order valence-corrected chi connectivity index (χ2v) is 19.4. The lowest BCUT2D eigenvalue weighted by Gasteiger charge is -2.51. The van der Waals surface area contributed by atoms with Crippen LogP contribution in [0.15, 0.2) is 36.4 Å². The SMILES string of the molecule is CCCCCC/C=C\CCCOc1cccc(C(=O)NC2C(OC3C(CO)OC(OC4C(CO)OC(CC5C(COC)OC(O)C(NC(C)=O)C5O)C(NC(C)=O)C4O)C(NC(C)=O)C3O)OC(CO)C(O)C2O)c1. The van der Waals surface area contributed by atoms with E-state index in [0.29, 0.717) is 12.4 Å². The molecule has 25 heteroatoms. The molecule has 25 nitrogen and oxygen atoms in total. The van der Waals surface area contributed by atoms with Crippen LogP contribution in [0.25, 0.3) is 0 Å². The molecule has 4 saturated heterocycles. The highest BCUT2D eigenvalue weighted by atomic mass is 16.7. The molecule has 0 aromatic heterocycles. The fourth-order valence-electron chi connectivity index (χ4n) is 9.94. The number of amides is 4. The van der Waals surface area contributed by atoms with Crippen molar-refractivity contribution in [3.63, 3.8) is 0 Å². The number of unbranched alkanes of at least 4 members (excludes halogenated alkanes) is 5. The quantitative estimate of drug-likeness (QED) is 0.0327. The number of aliphatic hydroxyl groups is 9. The molecule has 1 aromatic carbocycles. The number of ether oxygens (including phenoxy) is 8. The summed E-state index contributed by atoms with van der Waals surface area (Å²) in [6.07, 6.45) is -12.5. The van der Waals surface area contributed by atoms with E-state index in [1.807, 2.05) is 0 Å². The van der Waals surface area contributed by atoms with Crippen LogP contribution >= 0.6 is 0 Å². The molecule has 4 aliphatic rings. The van der Waals surface area contributed by atoms with Gasteiger partial charge < -0.3 is 105 Å². The van der Waals surface area contributed by atoms with Crippen molar-refractivity contribution in [2.45, 2.75) is 195 Å². The third kappa shape index (κ3) is 16.8. The molecule has 0 aliphatic carbocycles. The van der Waals surface area contributed by atoms with Gasteiger partial charge in [0.15, 0.2) is 18.9 Å². The van der Waals surface area contributed by atoms with Crippen LogP contribution in [-0.4, -0.2) is 226 Å². The molecule has 0 saturated carbocycles. The van der Waals surface area contributed by atoms with Crippen LogP contribution < -0.4 is 26.0 Å². The second-order valence-electron chi connectivity index (χ2n) is 19.4. The Labute approximate surface area is 436 Å². The number of allylic oxidation sites excluding steroid dienone is 2. The Hall–Kier alpha value is -4.00. The molecule has 426 valence electrons. The summed E-state index contributed by atoms with van der Waals surface area (Å²) in [5.74, 6) is -3.30. The molecule has 75 heavy (non-hydrogen) atoms. The van der Waals surface area contributed by atoms with Crippen molar-refractivity contribution in [3.05, 3.63) is 42.0 Å². The lowest BCUT2D eigenvalue weighted by molar-refractivity contribution is -0.347. The van der Waals surface area contributed by atoms with Crippen molar-refractivity contribution in [3.8, 4) is 5.75 Å². The number of benzene rings is 1. The molecule has 4 fully saturated rings. The van der Waals surface area contributed by atoms with Gasteiger partial charge in [-0.2, -0.15) is 0 Å². The maximum atomic E-state index is 13.8. The number of carbonyl (C=O) groups excluding carboxylic acids is 4. The Bertz CT molecular complexity index is 1970. The minimum Gasteiger partial charge on any atom is -0.494 e. The molecule has 0 radical (unpaired) electrons. The number of carbonyl (C=O) groups is 4. The van der Waals surface area contributed by atoms with E-state index >= 15 is 0 Å². The number of aliphatic hydroxyl groups excluding tert-OH is 9. The predicted octanol–water partition coefficient (Wildman–Crippen LogP) is -2.88. The zero-order valence-electron chi connectivity index (χ0n) is 43.1. The number of hydrogen-bond acceptors (Lipinski definition) is 21. The highest BCUT2D eigenvalue weighted by molar-refractivity contribution is 5.94. The molecular weight excluding hydrogens is 993 g/mol. The van der Waals surface area contributed by atoms with Gasteiger partial charge in [-0.3, -0.25) is 19.2 Å². The van der Waals surface area contributed by atoms with Gasteiger partial charge in [0, 0.05) is 39.4 Å². The molecule has 4 heterocycles. The first kappa shape index (κ1) is 61.8. The first-order valence-corrected chi connectivity index (χ1v) is 25.7. The lowest BCUT2D eigenvalue weighted by atomic mass is 9.80. The van der Waals surface area contributed by atoms with Crippen molar-refractivity contribution in [2.75, 3.05) is 40.1 Å². The van der Waals surface area contributed by atoms with E-state index in [1.165, 1.54) is 45.4 Å². The average Bonchev–Trinajstić information content (AvgIpc) is 3.37. The molecular formula is C50H80N4O21. The molecule has 20 unspecified atom stereocenters. The summed E-state index contributed by atoms with van der Waals surface area (Å²) in [6.45, 7) is 3.27. The smallest absolute Gasteiger partial charge is 0.251 e. The Morgan fingerprint density at radius 3 is 1.76 bits per heavy atom. The molecule has 13 N–H and O–H groups in total. The lowest BCUT2D eigenvalue weighted by Crippen LogP contribution is -2.71. The monoisotopic (exact) mass is 1070 g/mol. The maximum absolute atomic E-state index is 13.8. The number of nitrogens with one attached hydrogen (secondary N) is 4. The van der Waals surface area contributed by atoms with Gasteiger partial charge in [-0.05, 0) is 50.3 Å². The summed E-state index contributed by atoms with van der Waals surface area (Å²) in [5.41, 5.74) is 0.0950. The normalized spacial score (nSPS) is 36.1. The molecule has 4 amide bonds. The first-order valence-electron chi connectivity index (χ1n) is 25.7. The summed E-state index contributed by atoms with van der Waals surface area (Å²) in [6, 6.07) is 0.362. The summed E-state index contributed by atoms with van der Waals surface area (Å²) in [4.78, 5) is 51.2. The van der Waals surface area contributed by atoms with Gasteiger partial charge in [-0.15, -0.1) is 0 Å². The van der Waals surface area contributed by atoms with Gasteiger partial charge in [0.05, 0.1) is 57.4 Å². The highest BCUT2D eigenvalue weighted by Gasteiger charge is 2.56. The molecule has 1 aromatic rings. The largest absolute Gasteiger partial charge is 0.494 e. The van der Waals surface area contributed by atoms with Crippen LogP contribution in [0.2, 0.25) is 0 Å². The Balaban J connectivity index is 1.33. The van der Waals surface area contributed by atoms with Crippen LogP contribution in [-0.2, 0) is 47.5 Å². The van der Waals surface area contributed by atoms with Crippen molar-refractivity contribution in [1.29, 1.82) is 0 Å². The summed E-state index contributed by atoms with van der Waals surface area (Å²) >= 11 is 0. The van der Waals surface area contributed by atoms with Gasteiger partial charge in [-0.1, -0.05) is 44.4 Å². The maximum Gasteiger partial charge on any atom is 0.251 e. The topological polar surface area (TPSA) is 372 Å². The van der Waals surface area contributed by atoms with Crippen LogP contribution in [0.5, 0.6) is 5.75 Å². The van der Waals surface area contributed by atoms with Crippen molar-refractivity contribution in [2.24, 2.45) is 5.92 Å². The third-order valence-corrected chi connectivity index (χ3v) is 13.7. The third-order valence-electron chi connectivity index (χ3n) is 13.7. The van der Waals surface area contributed by atoms with Crippen LogP contribution in [0, 0.1) is 5.92 Å². The van der Waals surface area contributed by atoms with Crippen molar-refractivity contribution in [1.82, 2.24) is 21.3 Å². The van der Waals surface area contributed by atoms with Crippen molar-refractivity contribution < 1.29 is 103 Å². The Morgan fingerprint density at radius 1 is 0.600 bits per heavy atom. The molecule has 0 spiro atoms. The van der Waals surface area contributed by atoms with Gasteiger partial charge >= 0.3 is 0 Å². The first-order chi connectivity index (χ1) is 35.9. The number of rotatable bonds is 26. The van der Waals surface area contributed by atoms with Crippen LogP contribution in [0.1, 0.15) is 89.4 Å². The average molecular weight is 1070 g/mol. The minimum atomic E-state index is -1.90. The zero-order valence-corrected chi connectivity index (χ0v) is 43.1. The van der Waals surface area contributed by atoms with E-state index in [0.717, 1.165) is 39.5 Å². The fourth-order valence-corrected chi connectivity index (χ4v) is 9.94. The van der Waals surface area contributed by atoms with E-state index in [-0.39, 0.29) is 18.6 Å². The predicted molar refractivity (Wildman–Crippen MR) is 261 cm³/mol. The van der Waals surface area contributed by atoms with E-state index in [2.05, 4.69) is 40.3 Å². The van der Waals surface area contributed by atoms with E-state index in [1.54, 1.807) is 12.1 Å². The summed E-state index contributed by atoms with van der Waals surface area (Å²) < 4.78 is 47.5. The van der Waals surface area contributed by atoms with Crippen LogP contribution in [0.4, 0.5) is 0 Å². The summed E-state index contributed by atoms with van der Waals surface area (Å²) in [7, 11) is 1.36. The minimum absolute atomic E-state index is 0.0950. The fraction of sp³-hybridized carbons (Fsp3) is 0.760. The van der Waals surface area contributed by atoms with Crippen LogP contribution in [0.3, 0.4) is 0 Å². The second kappa shape index (κ2) is 30.2. The van der Waals surface area contributed by atoms with Crippen molar-refractivity contribution >= 4 is 23.6 Å². The molecule has 20 atom stereocenters. The van der Waals surface area contributed by atoms with Gasteiger partial charge in [-0.25, -0.2) is 0 Å². The number of methoxy groups -OCH3 is 1. The van der Waals surface area contributed by atoms with E-state index in [9.17, 15) is 65.1 Å². The highest BCUT2D eigenvalue weighted by Crippen LogP contribution is 2.37. The van der Waals surface area contributed by atoms with Gasteiger partial charge in [0.1, 0.15) is 78.8 Å². The molecule has 0 bridgehead atoms. The standard InChI is InChI=1S/C50H80N4O21/c1-6-7-8-9-10-11-12-13-14-18-69-29-17-15-16-28(19-29)47(66)54-38-42(63)41(62)32(21-55)72-49(38)75-46-34(23-57)73-50(39(44(46)65)53-27(4)60)74-45-33(22-56)70-31(36(43(45)64)51-25(2)58)20-30-35(24-68-5)71-48(67)37(40(30)61)52-26(3)59/h11-12,15-17,19,30-46,48-50,55-57,61-65,67H,6-10,13-14,18,20-24H2,1-5H3,(H,51,58)(H,52,59)(H,53,60)(H,54,66)/b12-11-. The molecule has 5 rings (SSSR count). The summed E-state index contributed by atoms with van der Waals surface area (Å²) in [5, 5.41) is 110. The van der Waals surface area contributed by atoms with Gasteiger partial charge in [0.25, 0.3) is 5.91 Å². The number of hydrogen-bond donors (Lipinski definition) is 13. The zero-order chi connectivity index (χ0) is 54.9. The van der Waals surface area contributed by atoms with E-state index in [4.69, 9.17) is 37.9 Å². The van der Waals surface area contributed by atoms with Gasteiger partial charge in [0.2, 0.25) is 17.7 Å². The molecule has 4 aliphatic heterocycles. The Morgan fingerprint density at radius 2 is 1.16 bits per heavy atom. The Kier molecular flexibility index (Phi) is 24.9.